The Morgan fingerprint density at radius 3 is 2.64 bits per heavy atom. The predicted molar refractivity (Wildman–Crippen MR) is 102 cm³/mol. The van der Waals surface area contributed by atoms with E-state index >= 15 is 0 Å². The van der Waals surface area contributed by atoms with E-state index in [2.05, 4.69) is 41.5 Å². The van der Waals surface area contributed by atoms with Crippen molar-refractivity contribution in [3.05, 3.63) is 72.6 Å². The summed E-state index contributed by atoms with van der Waals surface area (Å²) in [5, 5.41) is 3.53. The van der Waals surface area contributed by atoms with Gasteiger partial charge in [0.05, 0.1) is 31.2 Å². The van der Waals surface area contributed by atoms with Gasteiger partial charge in [0.15, 0.2) is 0 Å². The number of methoxy groups -OCH3 is 1. The van der Waals surface area contributed by atoms with E-state index in [0.717, 1.165) is 35.7 Å². The zero-order chi connectivity index (χ0) is 17.5. The van der Waals surface area contributed by atoms with Gasteiger partial charge in [0.1, 0.15) is 11.6 Å². The smallest absolute Gasteiger partial charge is 0.145 e. The quantitative estimate of drug-likeness (QED) is 0.653. The lowest BCUT2D eigenvalue weighted by molar-refractivity contribution is 0.415. The monoisotopic (exact) mass is 333 g/mol. The van der Waals surface area contributed by atoms with Crippen molar-refractivity contribution in [2.24, 2.45) is 0 Å². The summed E-state index contributed by atoms with van der Waals surface area (Å²) in [6.07, 6.45) is 5.68. The van der Waals surface area contributed by atoms with Gasteiger partial charge in [-0.3, -0.25) is 4.98 Å². The van der Waals surface area contributed by atoms with Gasteiger partial charge in [-0.15, -0.1) is 0 Å². The van der Waals surface area contributed by atoms with Gasteiger partial charge in [-0.1, -0.05) is 55.8 Å². The number of nitrogens with one attached hydrogen (secondary N) is 1. The molecular weight excluding hydrogens is 310 g/mol. The highest BCUT2D eigenvalue weighted by atomic mass is 16.5. The summed E-state index contributed by atoms with van der Waals surface area (Å²) in [6, 6.07) is 18.5. The molecule has 1 unspecified atom stereocenters. The Balaban J connectivity index is 1.85. The first-order valence-corrected chi connectivity index (χ1v) is 8.58. The highest BCUT2D eigenvalue weighted by Gasteiger charge is 2.12. The van der Waals surface area contributed by atoms with Crippen molar-refractivity contribution in [1.82, 2.24) is 9.97 Å². The van der Waals surface area contributed by atoms with Crippen molar-refractivity contribution in [3.63, 3.8) is 0 Å². The summed E-state index contributed by atoms with van der Waals surface area (Å²) < 4.78 is 5.30. The molecule has 0 aliphatic carbocycles. The van der Waals surface area contributed by atoms with Crippen LogP contribution in [0.15, 0.2) is 67.0 Å². The van der Waals surface area contributed by atoms with Crippen LogP contribution >= 0.6 is 0 Å². The lowest BCUT2D eigenvalue weighted by atomic mass is 10.0. The fourth-order valence-electron chi connectivity index (χ4n) is 2.83. The number of nitrogens with zero attached hydrogens (tertiary/aromatic N) is 2. The summed E-state index contributed by atoms with van der Waals surface area (Å²) >= 11 is 0. The number of benzene rings is 2. The van der Waals surface area contributed by atoms with Gasteiger partial charge in [-0.05, 0) is 24.1 Å². The van der Waals surface area contributed by atoms with Crippen LogP contribution in [0.25, 0.3) is 11.3 Å². The van der Waals surface area contributed by atoms with Gasteiger partial charge < -0.3 is 10.1 Å². The molecular formula is C21H23N3O. The summed E-state index contributed by atoms with van der Waals surface area (Å²) in [4.78, 5) is 9.09. The highest BCUT2D eigenvalue weighted by Crippen LogP contribution is 2.25. The zero-order valence-corrected chi connectivity index (χ0v) is 14.6. The third kappa shape index (κ3) is 4.35. The standard InChI is InChI=1S/C21H23N3O/c1-3-8-19(16-9-5-4-6-10-16)23-21-15-22-14-20(24-21)17-11-7-12-18(13-17)25-2/h4-7,9-15,19H,3,8H2,1-2H3,(H,23,24). The van der Waals surface area contributed by atoms with Crippen LogP contribution in [0.1, 0.15) is 31.4 Å². The lowest BCUT2D eigenvalue weighted by Gasteiger charge is -2.19. The van der Waals surface area contributed by atoms with E-state index in [1.807, 2.05) is 30.3 Å². The van der Waals surface area contributed by atoms with Gasteiger partial charge in [-0.2, -0.15) is 0 Å². The Hall–Kier alpha value is -2.88. The summed E-state index contributed by atoms with van der Waals surface area (Å²) in [6.45, 7) is 2.19. The molecule has 1 heterocycles. The van der Waals surface area contributed by atoms with Crippen LogP contribution in [0.2, 0.25) is 0 Å². The van der Waals surface area contributed by atoms with Crippen molar-refractivity contribution >= 4 is 5.82 Å². The third-order valence-corrected chi connectivity index (χ3v) is 4.10. The molecule has 0 radical (unpaired) electrons. The molecule has 0 saturated carbocycles. The Kier molecular flexibility index (Phi) is 5.62. The molecule has 25 heavy (non-hydrogen) atoms. The van der Waals surface area contributed by atoms with E-state index in [-0.39, 0.29) is 6.04 Å². The second kappa shape index (κ2) is 8.29. The number of anilines is 1. The second-order valence-electron chi connectivity index (χ2n) is 5.92. The van der Waals surface area contributed by atoms with Crippen molar-refractivity contribution in [2.45, 2.75) is 25.8 Å². The molecule has 0 fully saturated rings. The molecule has 3 aromatic rings. The van der Waals surface area contributed by atoms with Crippen LogP contribution in [0, 0.1) is 0 Å². The molecule has 4 nitrogen and oxygen atoms in total. The Morgan fingerprint density at radius 2 is 1.88 bits per heavy atom. The first-order valence-electron chi connectivity index (χ1n) is 8.58. The molecule has 1 atom stereocenters. The lowest BCUT2D eigenvalue weighted by Crippen LogP contribution is -2.12. The van der Waals surface area contributed by atoms with Crippen LogP contribution in [0.4, 0.5) is 5.82 Å². The number of rotatable bonds is 7. The molecule has 128 valence electrons. The van der Waals surface area contributed by atoms with Gasteiger partial charge in [0.2, 0.25) is 0 Å². The van der Waals surface area contributed by atoms with Crippen molar-refractivity contribution in [1.29, 1.82) is 0 Å². The highest BCUT2D eigenvalue weighted by molar-refractivity contribution is 5.62. The van der Waals surface area contributed by atoms with E-state index in [1.165, 1.54) is 5.56 Å². The van der Waals surface area contributed by atoms with Gasteiger partial charge in [0, 0.05) is 5.56 Å². The van der Waals surface area contributed by atoms with Crippen LogP contribution in [-0.2, 0) is 0 Å². The molecule has 4 heteroatoms. The topological polar surface area (TPSA) is 47.0 Å². The van der Waals surface area contributed by atoms with E-state index < -0.39 is 0 Å². The van der Waals surface area contributed by atoms with Crippen molar-refractivity contribution in [3.8, 4) is 17.0 Å². The number of hydrogen-bond donors (Lipinski definition) is 1. The Morgan fingerprint density at radius 1 is 1.04 bits per heavy atom. The molecule has 0 aliphatic rings. The number of hydrogen-bond acceptors (Lipinski definition) is 4. The maximum atomic E-state index is 5.30. The second-order valence-corrected chi connectivity index (χ2v) is 5.92. The van der Waals surface area contributed by atoms with Gasteiger partial charge in [-0.25, -0.2) is 4.98 Å². The Bertz CT molecular complexity index is 805. The molecule has 1 N–H and O–H groups in total. The van der Waals surface area contributed by atoms with Crippen LogP contribution < -0.4 is 10.1 Å². The van der Waals surface area contributed by atoms with E-state index in [0.29, 0.717) is 0 Å². The fraction of sp³-hybridized carbons (Fsp3) is 0.238. The molecule has 0 amide bonds. The number of ether oxygens (including phenoxy) is 1. The Labute approximate surface area is 148 Å². The minimum Gasteiger partial charge on any atom is -0.497 e. The van der Waals surface area contributed by atoms with Crippen molar-refractivity contribution in [2.75, 3.05) is 12.4 Å². The third-order valence-electron chi connectivity index (χ3n) is 4.10. The molecule has 1 aromatic heterocycles. The van der Waals surface area contributed by atoms with E-state index in [4.69, 9.17) is 9.72 Å². The maximum absolute atomic E-state index is 5.30. The molecule has 0 aliphatic heterocycles. The molecule has 3 rings (SSSR count). The van der Waals surface area contributed by atoms with Gasteiger partial charge in [0.25, 0.3) is 0 Å². The minimum absolute atomic E-state index is 0.223. The summed E-state index contributed by atoms with van der Waals surface area (Å²) in [5.41, 5.74) is 3.08. The average molecular weight is 333 g/mol. The average Bonchev–Trinajstić information content (AvgIpc) is 2.68. The van der Waals surface area contributed by atoms with Crippen molar-refractivity contribution < 1.29 is 4.74 Å². The first kappa shape index (κ1) is 17.0. The normalized spacial score (nSPS) is 11.8. The minimum atomic E-state index is 0.223. The van der Waals surface area contributed by atoms with Crippen LogP contribution in [0.5, 0.6) is 5.75 Å². The fourth-order valence-corrected chi connectivity index (χ4v) is 2.83. The van der Waals surface area contributed by atoms with Gasteiger partial charge >= 0.3 is 0 Å². The summed E-state index contributed by atoms with van der Waals surface area (Å²) in [7, 11) is 1.66. The predicted octanol–water partition coefficient (Wildman–Crippen LogP) is 5.11. The molecule has 2 aromatic carbocycles. The van der Waals surface area contributed by atoms with Crippen LogP contribution in [0.3, 0.4) is 0 Å². The van der Waals surface area contributed by atoms with E-state index in [1.54, 1.807) is 19.5 Å². The molecule has 0 spiro atoms. The zero-order valence-electron chi connectivity index (χ0n) is 14.6. The first-order chi connectivity index (χ1) is 12.3. The molecule has 0 bridgehead atoms. The SMILES string of the molecule is CCCC(Nc1cncc(-c2cccc(OC)c2)n1)c1ccccc1. The van der Waals surface area contributed by atoms with E-state index in [9.17, 15) is 0 Å². The molecule has 0 saturated heterocycles. The number of aromatic nitrogens is 2. The van der Waals surface area contributed by atoms with Crippen LogP contribution in [-0.4, -0.2) is 17.1 Å². The maximum Gasteiger partial charge on any atom is 0.145 e. The summed E-state index contributed by atoms with van der Waals surface area (Å²) in [5.74, 6) is 1.59. The largest absolute Gasteiger partial charge is 0.497 e.